The first kappa shape index (κ1) is 12.9. The van der Waals surface area contributed by atoms with Crippen LogP contribution in [0.4, 0.5) is 0 Å². The van der Waals surface area contributed by atoms with Crippen LogP contribution in [0.25, 0.3) is 0 Å². The molecule has 1 N–H and O–H groups in total. The highest BCUT2D eigenvalue weighted by Crippen LogP contribution is 2.39. The van der Waals surface area contributed by atoms with Gasteiger partial charge in [-0.2, -0.15) is 5.10 Å². The summed E-state index contributed by atoms with van der Waals surface area (Å²) in [6.45, 7) is 0.869. The van der Waals surface area contributed by atoms with Gasteiger partial charge in [0.15, 0.2) is 0 Å². The van der Waals surface area contributed by atoms with E-state index in [-0.39, 0.29) is 0 Å². The average Bonchev–Trinajstić information content (AvgIpc) is 2.75. The summed E-state index contributed by atoms with van der Waals surface area (Å²) < 4.78 is 3.09. The highest BCUT2D eigenvalue weighted by Gasteiger charge is 2.30. The summed E-state index contributed by atoms with van der Waals surface area (Å²) in [6, 6.07) is 11.2. The summed E-state index contributed by atoms with van der Waals surface area (Å²) in [5.41, 5.74) is 2.56. The number of nitrogens with zero attached hydrogens (tertiary/aromatic N) is 2. The maximum Gasteiger partial charge on any atom is 0.0762 e. The second-order valence-corrected chi connectivity index (χ2v) is 6.10. The largest absolute Gasteiger partial charge is 0.308 e. The Morgan fingerprint density at radius 2 is 2.11 bits per heavy atom. The Hall–Kier alpha value is -1.13. The second kappa shape index (κ2) is 5.47. The van der Waals surface area contributed by atoms with Crippen molar-refractivity contribution in [3.8, 4) is 0 Å². The Morgan fingerprint density at radius 1 is 1.32 bits per heavy atom. The standard InChI is InChI=1S/C15H18BrN3/c1-19-7-6-12(18-19)10-17-13-8-11(9-13)14-4-2-3-5-15(14)16/h2-7,11,13,17H,8-10H2,1H3. The fraction of sp³-hybridized carbons (Fsp3) is 0.400. The summed E-state index contributed by atoms with van der Waals surface area (Å²) in [5.74, 6) is 0.691. The molecule has 4 heteroatoms. The molecule has 1 aromatic heterocycles. The number of hydrogen-bond donors (Lipinski definition) is 1. The zero-order chi connectivity index (χ0) is 13.2. The minimum atomic E-state index is 0.624. The van der Waals surface area contributed by atoms with E-state index in [9.17, 15) is 0 Å². The lowest BCUT2D eigenvalue weighted by Gasteiger charge is -2.36. The predicted octanol–water partition coefficient (Wildman–Crippen LogP) is 3.22. The number of benzene rings is 1. The van der Waals surface area contributed by atoms with Crippen molar-refractivity contribution in [2.75, 3.05) is 0 Å². The van der Waals surface area contributed by atoms with Gasteiger partial charge in [0.25, 0.3) is 0 Å². The van der Waals surface area contributed by atoms with E-state index in [0.29, 0.717) is 12.0 Å². The molecule has 0 aliphatic heterocycles. The van der Waals surface area contributed by atoms with Crippen molar-refractivity contribution < 1.29 is 0 Å². The van der Waals surface area contributed by atoms with E-state index in [1.165, 1.54) is 22.9 Å². The first-order valence-electron chi connectivity index (χ1n) is 6.68. The Kier molecular flexibility index (Phi) is 3.71. The van der Waals surface area contributed by atoms with Gasteiger partial charge >= 0.3 is 0 Å². The molecule has 3 rings (SSSR count). The molecule has 1 aliphatic rings. The predicted molar refractivity (Wildman–Crippen MR) is 80.0 cm³/mol. The van der Waals surface area contributed by atoms with E-state index in [1.807, 2.05) is 17.9 Å². The van der Waals surface area contributed by atoms with E-state index in [1.54, 1.807) is 0 Å². The molecule has 1 aliphatic carbocycles. The summed E-state index contributed by atoms with van der Waals surface area (Å²) in [5, 5.41) is 7.96. The van der Waals surface area contributed by atoms with Gasteiger partial charge < -0.3 is 5.32 Å². The van der Waals surface area contributed by atoms with Gasteiger partial charge in [0.05, 0.1) is 5.69 Å². The molecule has 0 bridgehead atoms. The molecule has 1 fully saturated rings. The number of nitrogens with one attached hydrogen (secondary N) is 1. The SMILES string of the molecule is Cn1ccc(CNC2CC(c3ccccc3Br)C2)n1. The second-order valence-electron chi connectivity index (χ2n) is 5.25. The lowest BCUT2D eigenvalue weighted by Crippen LogP contribution is -2.39. The molecule has 0 radical (unpaired) electrons. The zero-order valence-corrected chi connectivity index (χ0v) is 12.6. The van der Waals surface area contributed by atoms with Crippen molar-refractivity contribution in [1.29, 1.82) is 0 Å². The normalized spacial score (nSPS) is 22.2. The molecule has 1 heterocycles. The van der Waals surface area contributed by atoms with Crippen LogP contribution in [0.2, 0.25) is 0 Å². The third-order valence-electron chi connectivity index (χ3n) is 3.82. The molecule has 0 saturated heterocycles. The number of aromatic nitrogens is 2. The molecular weight excluding hydrogens is 302 g/mol. The van der Waals surface area contributed by atoms with Gasteiger partial charge in [-0.1, -0.05) is 34.1 Å². The third kappa shape index (κ3) is 2.90. The minimum absolute atomic E-state index is 0.624. The maximum absolute atomic E-state index is 4.38. The smallest absolute Gasteiger partial charge is 0.0762 e. The van der Waals surface area contributed by atoms with Crippen LogP contribution >= 0.6 is 15.9 Å². The topological polar surface area (TPSA) is 29.9 Å². The summed E-state index contributed by atoms with van der Waals surface area (Å²) in [7, 11) is 1.95. The molecule has 100 valence electrons. The Bertz CT molecular complexity index is 558. The molecule has 3 nitrogen and oxygen atoms in total. The van der Waals surface area contributed by atoms with Crippen molar-refractivity contribution in [3.05, 3.63) is 52.3 Å². The van der Waals surface area contributed by atoms with E-state index in [2.05, 4.69) is 56.7 Å². The molecule has 2 aromatic rings. The number of halogens is 1. The van der Waals surface area contributed by atoms with Crippen LogP contribution in [0.1, 0.15) is 30.0 Å². The van der Waals surface area contributed by atoms with Gasteiger partial charge in [0.2, 0.25) is 0 Å². The Balaban J connectivity index is 1.49. The van der Waals surface area contributed by atoms with Gasteiger partial charge in [0.1, 0.15) is 0 Å². The lowest BCUT2D eigenvalue weighted by molar-refractivity contribution is 0.287. The minimum Gasteiger partial charge on any atom is -0.308 e. The van der Waals surface area contributed by atoms with Gasteiger partial charge in [-0.15, -0.1) is 0 Å². The van der Waals surface area contributed by atoms with Gasteiger partial charge in [0, 0.05) is 30.3 Å². The van der Waals surface area contributed by atoms with Crippen molar-refractivity contribution in [2.24, 2.45) is 7.05 Å². The van der Waals surface area contributed by atoms with Crippen molar-refractivity contribution in [3.63, 3.8) is 0 Å². The van der Waals surface area contributed by atoms with Crippen molar-refractivity contribution in [1.82, 2.24) is 15.1 Å². The molecule has 0 amide bonds. The number of rotatable bonds is 4. The van der Waals surface area contributed by atoms with Gasteiger partial charge in [-0.25, -0.2) is 0 Å². The highest BCUT2D eigenvalue weighted by molar-refractivity contribution is 9.10. The van der Waals surface area contributed by atoms with Crippen molar-refractivity contribution >= 4 is 15.9 Å². The Labute approximate surface area is 122 Å². The molecule has 1 aromatic carbocycles. The van der Waals surface area contributed by atoms with Crippen molar-refractivity contribution in [2.45, 2.75) is 31.3 Å². The van der Waals surface area contributed by atoms with Crippen LogP contribution in [0, 0.1) is 0 Å². The van der Waals surface area contributed by atoms with Crippen LogP contribution in [0.3, 0.4) is 0 Å². The summed E-state index contributed by atoms with van der Waals surface area (Å²) >= 11 is 3.64. The van der Waals surface area contributed by atoms with E-state index in [4.69, 9.17) is 0 Å². The monoisotopic (exact) mass is 319 g/mol. The van der Waals surface area contributed by atoms with Gasteiger partial charge in [-0.05, 0) is 36.5 Å². The van der Waals surface area contributed by atoms with E-state index < -0.39 is 0 Å². The van der Waals surface area contributed by atoms with E-state index >= 15 is 0 Å². The fourth-order valence-electron chi connectivity index (χ4n) is 2.65. The molecule has 0 spiro atoms. The number of aryl methyl sites for hydroxylation is 1. The number of hydrogen-bond acceptors (Lipinski definition) is 2. The maximum atomic E-state index is 4.38. The van der Waals surface area contributed by atoms with E-state index in [0.717, 1.165) is 12.2 Å². The molecule has 0 unspecified atom stereocenters. The third-order valence-corrected chi connectivity index (χ3v) is 4.55. The van der Waals surface area contributed by atoms with Crippen LogP contribution in [0.15, 0.2) is 41.0 Å². The average molecular weight is 320 g/mol. The zero-order valence-electron chi connectivity index (χ0n) is 11.0. The van der Waals surface area contributed by atoms with Crippen LogP contribution in [-0.2, 0) is 13.6 Å². The van der Waals surface area contributed by atoms with Crippen LogP contribution < -0.4 is 5.32 Å². The lowest BCUT2D eigenvalue weighted by atomic mass is 9.76. The van der Waals surface area contributed by atoms with Crippen LogP contribution in [-0.4, -0.2) is 15.8 Å². The molecule has 0 atom stereocenters. The molecule has 1 saturated carbocycles. The summed E-state index contributed by atoms with van der Waals surface area (Å²) in [4.78, 5) is 0. The first-order valence-corrected chi connectivity index (χ1v) is 7.48. The summed E-state index contributed by atoms with van der Waals surface area (Å²) in [6.07, 6.45) is 4.42. The molecule has 19 heavy (non-hydrogen) atoms. The van der Waals surface area contributed by atoms with Gasteiger partial charge in [-0.3, -0.25) is 4.68 Å². The Morgan fingerprint density at radius 3 is 2.79 bits per heavy atom. The highest BCUT2D eigenvalue weighted by atomic mass is 79.9. The molecular formula is C15H18BrN3. The van der Waals surface area contributed by atoms with Crippen LogP contribution in [0.5, 0.6) is 0 Å². The fourth-order valence-corrected chi connectivity index (χ4v) is 3.26. The quantitative estimate of drug-likeness (QED) is 0.937. The first-order chi connectivity index (χ1) is 9.22.